The maximum Gasteiger partial charge on any atom is 0.201 e. The number of rotatable bonds is 3. The smallest absolute Gasteiger partial charge is 0.201 e. The lowest BCUT2D eigenvalue weighted by Gasteiger charge is -2.18. The fourth-order valence-corrected chi connectivity index (χ4v) is 3.37. The summed E-state index contributed by atoms with van der Waals surface area (Å²) in [7, 11) is 0. The van der Waals surface area contributed by atoms with E-state index in [2.05, 4.69) is 11.9 Å². The van der Waals surface area contributed by atoms with Gasteiger partial charge in [0.1, 0.15) is 5.82 Å². The second-order valence-corrected chi connectivity index (χ2v) is 6.36. The molecule has 2 aromatic rings. The van der Waals surface area contributed by atoms with Crippen LogP contribution < -0.4 is 5.73 Å². The van der Waals surface area contributed by atoms with Crippen LogP contribution in [0, 0.1) is 15.3 Å². The van der Waals surface area contributed by atoms with E-state index in [0.717, 1.165) is 37.0 Å². The van der Waals surface area contributed by atoms with Crippen LogP contribution in [0.15, 0.2) is 12.1 Å². The second kappa shape index (κ2) is 5.48. The van der Waals surface area contributed by atoms with Crippen LogP contribution >= 0.6 is 22.6 Å². The molecule has 0 bridgehead atoms. The van der Waals surface area contributed by atoms with Gasteiger partial charge in [-0.05, 0) is 41.5 Å². The molecule has 1 aromatic heterocycles. The van der Waals surface area contributed by atoms with Crippen LogP contribution in [0.25, 0.3) is 11.0 Å². The lowest BCUT2D eigenvalue weighted by molar-refractivity contribution is 0.0839. The highest BCUT2D eigenvalue weighted by molar-refractivity contribution is 14.1. The Hall–Kier alpha value is -0.890. The minimum Gasteiger partial charge on any atom is -0.378 e. The molecule has 1 aliphatic rings. The first-order chi connectivity index (χ1) is 9.60. The number of ether oxygens (including phenoxy) is 1. The third-order valence-electron chi connectivity index (χ3n) is 3.99. The van der Waals surface area contributed by atoms with Gasteiger partial charge >= 0.3 is 0 Å². The third kappa shape index (κ3) is 2.39. The summed E-state index contributed by atoms with van der Waals surface area (Å²) in [5, 5.41) is 0. The zero-order valence-electron chi connectivity index (χ0n) is 11.3. The molecule has 2 atom stereocenters. The Labute approximate surface area is 130 Å². The Morgan fingerprint density at radius 2 is 2.35 bits per heavy atom. The molecule has 2 unspecified atom stereocenters. The quantitative estimate of drug-likeness (QED) is 0.821. The predicted molar refractivity (Wildman–Crippen MR) is 85.0 cm³/mol. The molecular weight excluding hydrogens is 372 g/mol. The fraction of sp³-hybridized carbons (Fsp3) is 0.500. The molecule has 20 heavy (non-hydrogen) atoms. The second-order valence-electron chi connectivity index (χ2n) is 5.20. The summed E-state index contributed by atoms with van der Waals surface area (Å²) in [6, 6.07) is 3.26. The van der Waals surface area contributed by atoms with E-state index in [4.69, 9.17) is 10.5 Å². The number of imidazole rings is 1. The summed E-state index contributed by atoms with van der Waals surface area (Å²) in [6.07, 6.45) is 2.27. The van der Waals surface area contributed by atoms with Crippen LogP contribution in [0.4, 0.5) is 10.3 Å². The normalized spacial score (nSPS) is 22.8. The summed E-state index contributed by atoms with van der Waals surface area (Å²) in [6.45, 7) is 3.66. The first-order valence-corrected chi connectivity index (χ1v) is 7.90. The highest BCUT2D eigenvalue weighted by Crippen LogP contribution is 2.29. The molecular formula is C14H17FIN3O. The SMILES string of the molecule is CCC1OCCC1Cn1c(N)nc2cc(I)c(F)cc21. The number of aromatic nitrogens is 2. The maximum atomic E-state index is 13.8. The number of nitrogen functional groups attached to an aromatic ring is 1. The number of fused-ring (bicyclic) bond motifs is 1. The maximum absolute atomic E-state index is 13.8. The Morgan fingerprint density at radius 3 is 3.10 bits per heavy atom. The lowest BCUT2D eigenvalue weighted by atomic mass is 9.99. The van der Waals surface area contributed by atoms with Gasteiger partial charge < -0.3 is 15.0 Å². The topological polar surface area (TPSA) is 53.1 Å². The minimum atomic E-state index is -0.228. The van der Waals surface area contributed by atoms with Crippen LogP contribution in [0.2, 0.25) is 0 Å². The number of halogens is 2. The van der Waals surface area contributed by atoms with Crippen LogP contribution in [0.5, 0.6) is 0 Å². The van der Waals surface area contributed by atoms with Crippen LogP contribution in [-0.2, 0) is 11.3 Å². The molecule has 0 aliphatic carbocycles. The first-order valence-electron chi connectivity index (χ1n) is 6.82. The summed E-state index contributed by atoms with van der Waals surface area (Å²) in [5.74, 6) is 0.638. The Morgan fingerprint density at radius 1 is 1.55 bits per heavy atom. The van der Waals surface area contributed by atoms with Crippen LogP contribution in [0.1, 0.15) is 19.8 Å². The molecule has 4 nitrogen and oxygen atoms in total. The largest absolute Gasteiger partial charge is 0.378 e. The summed E-state index contributed by atoms with van der Waals surface area (Å²) >= 11 is 1.97. The van der Waals surface area contributed by atoms with Gasteiger partial charge in [0.2, 0.25) is 5.95 Å². The Bertz CT molecular complexity index is 643. The number of benzene rings is 1. The molecule has 0 amide bonds. The van der Waals surface area contributed by atoms with Gasteiger partial charge in [-0.25, -0.2) is 9.37 Å². The van der Waals surface area contributed by atoms with Gasteiger partial charge in [0.05, 0.1) is 20.7 Å². The average Bonchev–Trinajstić information content (AvgIpc) is 2.97. The highest BCUT2D eigenvalue weighted by Gasteiger charge is 2.28. The molecule has 108 valence electrons. The van der Waals surface area contributed by atoms with E-state index < -0.39 is 0 Å². The molecule has 2 N–H and O–H groups in total. The number of hydrogen-bond donors (Lipinski definition) is 1. The number of anilines is 1. The molecule has 1 aliphatic heterocycles. The van der Waals surface area contributed by atoms with Crippen LogP contribution in [-0.4, -0.2) is 22.3 Å². The summed E-state index contributed by atoms with van der Waals surface area (Å²) < 4.78 is 22.0. The zero-order chi connectivity index (χ0) is 14.3. The van der Waals surface area contributed by atoms with E-state index in [1.165, 1.54) is 6.07 Å². The van der Waals surface area contributed by atoms with Crippen molar-refractivity contribution in [1.82, 2.24) is 9.55 Å². The minimum absolute atomic E-state index is 0.228. The van der Waals surface area contributed by atoms with E-state index >= 15 is 0 Å². The monoisotopic (exact) mass is 389 g/mol. The molecule has 0 spiro atoms. The van der Waals surface area contributed by atoms with Gasteiger partial charge in [0, 0.05) is 25.1 Å². The van der Waals surface area contributed by atoms with Crippen molar-refractivity contribution >= 4 is 39.6 Å². The van der Waals surface area contributed by atoms with E-state index in [1.54, 1.807) is 6.07 Å². The van der Waals surface area contributed by atoms with Gasteiger partial charge in [0.25, 0.3) is 0 Å². The first kappa shape index (κ1) is 14.1. The number of nitrogens with zero attached hydrogens (tertiary/aromatic N) is 2. The van der Waals surface area contributed by atoms with Gasteiger partial charge in [-0.3, -0.25) is 0 Å². The fourth-order valence-electron chi connectivity index (χ4n) is 2.92. The van der Waals surface area contributed by atoms with Crippen molar-refractivity contribution in [3.63, 3.8) is 0 Å². The van der Waals surface area contributed by atoms with E-state index in [1.807, 2.05) is 27.2 Å². The summed E-state index contributed by atoms with van der Waals surface area (Å²) in [5.41, 5.74) is 7.52. The third-order valence-corrected chi connectivity index (χ3v) is 4.81. The molecule has 1 fully saturated rings. The zero-order valence-corrected chi connectivity index (χ0v) is 13.4. The molecule has 1 aromatic carbocycles. The van der Waals surface area contributed by atoms with Gasteiger partial charge in [-0.1, -0.05) is 6.92 Å². The summed E-state index contributed by atoms with van der Waals surface area (Å²) in [4.78, 5) is 4.34. The Balaban J connectivity index is 1.98. The van der Waals surface area contributed by atoms with Crippen molar-refractivity contribution in [1.29, 1.82) is 0 Å². The van der Waals surface area contributed by atoms with Crippen molar-refractivity contribution in [2.75, 3.05) is 12.3 Å². The van der Waals surface area contributed by atoms with Crippen LogP contribution in [0.3, 0.4) is 0 Å². The standard InChI is InChI=1S/C14H17FIN3O/c1-2-13-8(3-4-20-13)7-19-12-5-9(15)10(16)6-11(12)18-14(19)17/h5-6,8,13H,2-4,7H2,1H3,(H2,17,18). The Kier molecular flexibility index (Phi) is 3.85. The van der Waals surface area contributed by atoms with Crippen molar-refractivity contribution in [2.24, 2.45) is 5.92 Å². The predicted octanol–water partition coefficient (Wildman–Crippen LogP) is 3.18. The molecule has 2 heterocycles. The van der Waals surface area contributed by atoms with Crippen molar-refractivity contribution in [2.45, 2.75) is 32.4 Å². The number of nitrogens with two attached hydrogens (primary N) is 1. The van der Waals surface area contributed by atoms with Crippen molar-refractivity contribution < 1.29 is 9.13 Å². The van der Waals surface area contributed by atoms with E-state index in [-0.39, 0.29) is 11.9 Å². The molecule has 6 heteroatoms. The van der Waals surface area contributed by atoms with Gasteiger partial charge in [0.15, 0.2) is 0 Å². The lowest BCUT2D eigenvalue weighted by Crippen LogP contribution is -2.21. The molecule has 0 saturated carbocycles. The molecule has 3 rings (SSSR count). The van der Waals surface area contributed by atoms with Gasteiger partial charge in [-0.15, -0.1) is 0 Å². The van der Waals surface area contributed by atoms with Gasteiger partial charge in [-0.2, -0.15) is 0 Å². The molecule has 0 radical (unpaired) electrons. The average molecular weight is 389 g/mol. The van der Waals surface area contributed by atoms with E-state index in [0.29, 0.717) is 15.4 Å². The van der Waals surface area contributed by atoms with Crippen molar-refractivity contribution in [3.8, 4) is 0 Å². The number of hydrogen-bond acceptors (Lipinski definition) is 3. The van der Waals surface area contributed by atoms with Crippen molar-refractivity contribution in [3.05, 3.63) is 21.5 Å². The van der Waals surface area contributed by atoms with E-state index in [9.17, 15) is 4.39 Å². The molecule has 1 saturated heterocycles. The highest BCUT2D eigenvalue weighted by atomic mass is 127.